The van der Waals surface area contributed by atoms with E-state index in [1.165, 1.54) is 24.1 Å². The smallest absolute Gasteiger partial charge is 0.225 e. The molecule has 0 bridgehead atoms. The highest BCUT2D eigenvalue weighted by Crippen LogP contribution is 2.31. The van der Waals surface area contributed by atoms with Crippen molar-refractivity contribution >= 4 is 11.8 Å². The second kappa shape index (κ2) is 6.24. The molecule has 2 N–H and O–H groups in total. The molecule has 0 aromatic carbocycles. The number of aromatic nitrogens is 2. The van der Waals surface area contributed by atoms with Crippen LogP contribution < -0.4 is 10.6 Å². The lowest BCUT2D eigenvalue weighted by Crippen LogP contribution is -2.40. The van der Waals surface area contributed by atoms with Crippen molar-refractivity contribution in [3.63, 3.8) is 0 Å². The van der Waals surface area contributed by atoms with Crippen LogP contribution in [0.15, 0.2) is 0 Å². The van der Waals surface area contributed by atoms with Crippen molar-refractivity contribution in [3.8, 4) is 0 Å². The molecule has 3 heterocycles. The van der Waals surface area contributed by atoms with Crippen molar-refractivity contribution in [1.29, 1.82) is 0 Å². The van der Waals surface area contributed by atoms with Gasteiger partial charge in [0.25, 0.3) is 0 Å². The molecule has 4 rings (SSSR count). The highest BCUT2D eigenvalue weighted by atomic mass is 16.5. The summed E-state index contributed by atoms with van der Waals surface area (Å²) in [5, 5.41) is 6.98. The molecule has 0 radical (unpaired) electrons. The predicted octanol–water partition coefficient (Wildman–Crippen LogP) is 2.02. The average molecular weight is 317 g/mol. The average Bonchev–Trinajstić information content (AvgIpc) is 3.16. The quantitative estimate of drug-likeness (QED) is 0.866. The van der Waals surface area contributed by atoms with Crippen LogP contribution >= 0.6 is 0 Å². The molecule has 0 spiro atoms. The van der Waals surface area contributed by atoms with Gasteiger partial charge in [0, 0.05) is 49.8 Å². The topological polar surface area (TPSA) is 62.3 Å². The second-order valence-corrected chi connectivity index (χ2v) is 7.28. The van der Waals surface area contributed by atoms with Crippen LogP contribution in [0.2, 0.25) is 0 Å². The van der Waals surface area contributed by atoms with E-state index >= 15 is 0 Å². The number of anilines is 2. The molecule has 0 amide bonds. The summed E-state index contributed by atoms with van der Waals surface area (Å²) in [5.41, 5.74) is 2.51. The van der Waals surface area contributed by atoms with Crippen LogP contribution in [0.4, 0.5) is 11.8 Å². The molecule has 1 atom stereocenters. The molecule has 0 unspecified atom stereocenters. The summed E-state index contributed by atoms with van der Waals surface area (Å²) < 4.78 is 5.57. The Hall–Kier alpha value is -1.40. The summed E-state index contributed by atoms with van der Waals surface area (Å²) in [6.07, 6.45) is 4.66. The number of hydrogen-bond donors (Lipinski definition) is 2. The minimum atomic E-state index is 0.345. The van der Waals surface area contributed by atoms with E-state index < -0.39 is 0 Å². The minimum Gasteiger partial charge on any atom is -0.380 e. The zero-order chi connectivity index (χ0) is 15.8. The van der Waals surface area contributed by atoms with E-state index in [2.05, 4.69) is 29.4 Å². The maximum atomic E-state index is 5.57. The molecular formula is C17H27N5O. The first-order valence-corrected chi connectivity index (χ1v) is 8.93. The Morgan fingerprint density at radius 2 is 2.09 bits per heavy atom. The lowest BCUT2D eigenvalue weighted by molar-refractivity contribution is 0.134. The van der Waals surface area contributed by atoms with Gasteiger partial charge in [-0.05, 0) is 33.1 Å². The van der Waals surface area contributed by atoms with E-state index in [9.17, 15) is 0 Å². The summed E-state index contributed by atoms with van der Waals surface area (Å²) in [5.74, 6) is 1.81. The van der Waals surface area contributed by atoms with Crippen molar-refractivity contribution in [2.24, 2.45) is 0 Å². The molecule has 126 valence electrons. The van der Waals surface area contributed by atoms with Crippen LogP contribution in [0.1, 0.15) is 44.4 Å². The van der Waals surface area contributed by atoms with Gasteiger partial charge in [-0.25, -0.2) is 4.98 Å². The molecule has 1 aromatic rings. The maximum absolute atomic E-state index is 5.57. The van der Waals surface area contributed by atoms with E-state index in [4.69, 9.17) is 14.7 Å². The zero-order valence-corrected chi connectivity index (χ0v) is 14.1. The third-order valence-electron chi connectivity index (χ3n) is 4.85. The molecule has 2 fully saturated rings. The van der Waals surface area contributed by atoms with Crippen molar-refractivity contribution in [2.75, 3.05) is 30.4 Å². The number of nitrogens with one attached hydrogen (secondary N) is 2. The monoisotopic (exact) mass is 317 g/mol. The first-order valence-electron chi connectivity index (χ1n) is 8.93. The molecule has 1 aliphatic carbocycles. The van der Waals surface area contributed by atoms with Crippen LogP contribution in [0.3, 0.4) is 0 Å². The molecule has 1 saturated heterocycles. The van der Waals surface area contributed by atoms with Crippen molar-refractivity contribution < 1.29 is 4.74 Å². The maximum Gasteiger partial charge on any atom is 0.225 e. The molecular weight excluding hydrogens is 290 g/mol. The molecule has 3 aliphatic rings. The summed E-state index contributed by atoms with van der Waals surface area (Å²) >= 11 is 0. The summed E-state index contributed by atoms with van der Waals surface area (Å²) in [6.45, 7) is 8.03. The van der Waals surface area contributed by atoms with E-state index in [0.29, 0.717) is 18.1 Å². The molecule has 1 saturated carbocycles. The third kappa shape index (κ3) is 3.43. The molecule has 6 heteroatoms. The molecule has 2 aliphatic heterocycles. The number of nitrogens with zero attached hydrogens (tertiary/aromatic N) is 3. The third-order valence-corrected chi connectivity index (χ3v) is 4.85. The van der Waals surface area contributed by atoms with Gasteiger partial charge in [-0.2, -0.15) is 4.98 Å². The fourth-order valence-electron chi connectivity index (χ4n) is 3.42. The Balaban J connectivity index is 1.60. The fourth-order valence-corrected chi connectivity index (χ4v) is 3.42. The predicted molar refractivity (Wildman–Crippen MR) is 90.8 cm³/mol. The van der Waals surface area contributed by atoms with Crippen LogP contribution in [0.5, 0.6) is 0 Å². The number of rotatable bonds is 5. The summed E-state index contributed by atoms with van der Waals surface area (Å²) in [6, 6.07) is 1.51. The van der Waals surface area contributed by atoms with Gasteiger partial charge in [-0.15, -0.1) is 0 Å². The SMILES string of the molecule is CC(C)Nc1nc2c(c(NC3CC3)n1)CN([C@H]1CCOC1)CC2. The van der Waals surface area contributed by atoms with Gasteiger partial charge in [0.05, 0.1) is 12.3 Å². The molecule has 1 aromatic heterocycles. The van der Waals surface area contributed by atoms with Crippen LogP contribution in [-0.2, 0) is 17.7 Å². The lowest BCUT2D eigenvalue weighted by atomic mass is 10.0. The van der Waals surface area contributed by atoms with E-state index in [-0.39, 0.29) is 0 Å². The second-order valence-electron chi connectivity index (χ2n) is 7.28. The van der Waals surface area contributed by atoms with Gasteiger partial charge < -0.3 is 15.4 Å². The fraction of sp³-hybridized carbons (Fsp3) is 0.765. The first kappa shape index (κ1) is 15.1. The van der Waals surface area contributed by atoms with E-state index in [0.717, 1.165) is 50.9 Å². The number of hydrogen-bond acceptors (Lipinski definition) is 6. The van der Waals surface area contributed by atoms with E-state index in [1.807, 2.05) is 0 Å². The minimum absolute atomic E-state index is 0.345. The van der Waals surface area contributed by atoms with Gasteiger partial charge in [0.2, 0.25) is 5.95 Å². The number of fused-ring (bicyclic) bond motifs is 1. The van der Waals surface area contributed by atoms with E-state index in [1.54, 1.807) is 0 Å². The Bertz CT molecular complexity index is 566. The van der Waals surface area contributed by atoms with Crippen molar-refractivity contribution in [2.45, 2.75) is 64.2 Å². The Kier molecular flexibility index (Phi) is 4.11. The lowest BCUT2D eigenvalue weighted by Gasteiger charge is -2.33. The van der Waals surface area contributed by atoms with Gasteiger partial charge in [-0.3, -0.25) is 4.90 Å². The van der Waals surface area contributed by atoms with Crippen molar-refractivity contribution in [1.82, 2.24) is 14.9 Å². The Morgan fingerprint density at radius 3 is 2.78 bits per heavy atom. The Labute approximate surface area is 138 Å². The van der Waals surface area contributed by atoms with Gasteiger partial charge in [0.1, 0.15) is 5.82 Å². The summed E-state index contributed by atoms with van der Waals surface area (Å²) in [4.78, 5) is 12.1. The largest absolute Gasteiger partial charge is 0.380 e. The van der Waals surface area contributed by atoms with Crippen LogP contribution in [-0.4, -0.2) is 52.8 Å². The summed E-state index contributed by atoms with van der Waals surface area (Å²) in [7, 11) is 0. The first-order chi connectivity index (χ1) is 11.2. The highest BCUT2D eigenvalue weighted by Gasteiger charge is 2.31. The normalized spacial score (nSPS) is 24.7. The number of ether oxygens (including phenoxy) is 1. The zero-order valence-electron chi connectivity index (χ0n) is 14.1. The molecule has 23 heavy (non-hydrogen) atoms. The highest BCUT2D eigenvalue weighted by molar-refractivity contribution is 5.53. The van der Waals surface area contributed by atoms with Gasteiger partial charge in [-0.1, -0.05) is 0 Å². The van der Waals surface area contributed by atoms with Crippen LogP contribution in [0.25, 0.3) is 0 Å². The molecule has 6 nitrogen and oxygen atoms in total. The van der Waals surface area contributed by atoms with Crippen LogP contribution in [0, 0.1) is 0 Å². The van der Waals surface area contributed by atoms with Gasteiger partial charge >= 0.3 is 0 Å². The van der Waals surface area contributed by atoms with Gasteiger partial charge in [0.15, 0.2) is 0 Å². The Morgan fingerprint density at radius 1 is 1.22 bits per heavy atom. The standard InChI is InChI=1S/C17H27N5O/c1-11(2)18-17-20-15-5-7-22(13-6-8-23-10-13)9-14(15)16(21-17)19-12-3-4-12/h11-13H,3-10H2,1-2H3,(H2,18,19,20,21)/t13-/m0/s1. The van der Waals surface area contributed by atoms with Crippen molar-refractivity contribution in [3.05, 3.63) is 11.3 Å².